The molecule has 6 aromatic carbocycles. The van der Waals surface area contributed by atoms with E-state index < -0.39 is 0 Å². The van der Waals surface area contributed by atoms with Crippen LogP contribution < -0.4 is 20.9 Å². The van der Waals surface area contributed by atoms with E-state index in [1.807, 2.05) is 0 Å². The molecule has 0 N–H and O–H groups in total. The third kappa shape index (κ3) is 5.52. The molecule has 0 heteroatoms. The Kier molecular flexibility index (Phi) is 8.75. The number of aryl methyl sites for hydroxylation is 4. The second-order valence-electron chi connectivity index (χ2n) is 15.4. The van der Waals surface area contributed by atoms with Gasteiger partial charge < -0.3 is 0 Å². The summed E-state index contributed by atoms with van der Waals surface area (Å²) in [5.74, 6) is 0.520. The van der Waals surface area contributed by atoms with Crippen LogP contribution in [0.25, 0.3) is 57.2 Å². The van der Waals surface area contributed by atoms with Crippen molar-refractivity contribution in [1.82, 2.24) is 0 Å². The lowest BCUT2D eigenvalue weighted by atomic mass is 9.72. The lowest BCUT2D eigenvalue weighted by Crippen LogP contribution is -2.40. The first-order valence-electron chi connectivity index (χ1n) is 19.1. The summed E-state index contributed by atoms with van der Waals surface area (Å²) in [5, 5.41) is 5.49. The van der Waals surface area contributed by atoms with Gasteiger partial charge in [-0.05, 0) is 183 Å². The monoisotopic (exact) mass is 674 g/mol. The van der Waals surface area contributed by atoms with Gasteiger partial charge in [-0.1, -0.05) is 122 Å². The molecule has 0 saturated heterocycles. The Hall–Kier alpha value is -5.20. The molecule has 0 radical (unpaired) electrons. The van der Waals surface area contributed by atoms with Gasteiger partial charge >= 0.3 is 0 Å². The number of fused-ring (bicyclic) bond motifs is 2. The molecule has 0 fully saturated rings. The fraction of sp³-hybridized carbons (Fsp3) is 0.231. The molecule has 0 saturated carbocycles. The minimum Gasteiger partial charge on any atom is -0.0763 e. The summed E-state index contributed by atoms with van der Waals surface area (Å²) in [6.45, 7) is 18.5. The van der Waals surface area contributed by atoms with Crippen LogP contribution in [0.15, 0.2) is 103 Å². The fourth-order valence-electron chi connectivity index (χ4n) is 9.64. The highest BCUT2D eigenvalue weighted by molar-refractivity contribution is 5.86. The Morgan fingerprint density at radius 3 is 1.69 bits per heavy atom. The van der Waals surface area contributed by atoms with Crippen LogP contribution in [0.2, 0.25) is 0 Å². The number of rotatable bonds is 5. The maximum Gasteiger partial charge on any atom is 0.00965 e. The zero-order chi connectivity index (χ0) is 36.3. The molecule has 0 spiro atoms. The van der Waals surface area contributed by atoms with Crippen molar-refractivity contribution < 1.29 is 0 Å². The van der Waals surface area contributed by atoms with E-state index in [0.717, 1.165) is 12.8 Å². The molecule has 1 unspecified atom stereocenters. The van der Waals surface area contributed by atoms with Crippen LogP contribution >= 0.6 is 0 Å². The Morgan fingerprint density at radius 1 is 0.462 bits per heavy atom. The first-order chi connectivity index (χ1) is 25.2. The quantitative estimate of drug-likeness (QED) is 0.171. The minimum absolute atomic E-state index is 0.245. The van der Waals surface area contributed by atoms with E-state index in [1.165, 1.54) is 110 Å². The van der Waals surface area contributed by atoms with Crippen molar-refractivity contribution in [3.8, 4) is 33.4 Å². The molecule has 2 atom stereocenters. The van der Waals surface area contributed by atoms with Crippen molar-refractivity contribution in [2.24, 2.45) is 5.92 Å². The Labute approximate surface area is 310 Å². The van der Waals surface area contributed by atoms with Gasteiger partial charge in [0, 0.05) is 5.92 Å². The van der Waals surface area contributed by atoms with Crippen molar-refractivity contribution in [2.45, 2.75) is 74.1 Å². The standard InChI is InChI=1S/C52H50/c1-31-17-13-18-32(2)49(31)43-27-15-25-41(35(43)5)47-29-39-21-9-11-23-45(39)51(37(47)7)52-38(8)48(30-40-22-10-12-24-46(40)52)42-26-16-28-44(36(42)6)50-33(3)19-14-20-34(50)4/h9,11,13-30,37,47H,10,12H2,1-8H3/t37?,47-/m0/s1. The van der Waals surface area contributed by atoms with E-state index in [4.69, 9.17) is 0 Å². The Bertz CT molecular complexity index is 2620. The second kappa shape index (κ2) is 13.4. The van der Waals surface area contributed by atoms with Crippen LogP contribution in [0.5, 0.6) is 0 Å². The predicted octanol–water partition coefficient (Wildman–Crippen LogP) is 10.6. The van der Waals surface area contributed by atoms with E-state index in [9.17, 15) is 0 Å². The molecule has 0 bridgehead atoms. The van der Waals surface area contributed by atoms with Gasteiger partial charge in [0.2, 0.25) is 0 Å². The van der Waals surface area contributed by atoms with E-state index in [1.54, 1.807) is 0 Å². The lowest BCUT2D eigenvalue weighted by Gasteiger charge is -2.32. The fourth-order valence-corrected chi connectivity index (χ4v) is 9.64. The predicted molar refractivity (Wildman–Crippen MR) is 224 cm³/mol. The van der Waals surface area contributed by atoms with Crippen LogP contribution in [0, 0.1) is 54.4 Å². The first kappa shape index (κ1) is 33.9. The van der Waals surface area contributed by atoms with E-state index >= 15 is 0 Å². The summed E-state index contributed by atoms with van der Waals surface area (Å²) in [4.78, 5) is 0. The Morgan fingerprint density at radius 2 is 1.02 bits per heavy atom. The van der Waals surface area contributed by atoms with Gasteiger partial charge in [-0.3, -0.25) is 0 Å². The van der Waals surface area contributed by atoms with E-state index in [2.05, 4.69) is 177 Å². The first-order valence-corrected chi connectivity index (χ1v) is 19.1. The average Bonchev–Trinajstić information content (AvgIpc) is 3.13. The molecule has 258 valence electrons. The molecule has 0 aromatic heterocycles. The SMILES string of the molecule is Cc1cccc(C)c1-c1cccc(-c2cc3c(c(C4=c5ccccc5=C[C@H](c5cccc(-c6c(C)cccc6C)c5C)C4C)c2C)=CCCC=3)c1C. The molecule has 2 aliphatic rings. The van der Waals surface area contributed by atoms with Crippen LogP contribution in [0.1, 0.15) is 75.8 Å². The largest absolute Gasteiger partial charge is 0.0763 e. The topological polar surface area (TPSA) is 0 Å². The van der Waals surface area contributed by atoms with Crippen molar-refractivity contribution >= 4 is 23.8 Å². The molecular formula is C52H50. The normalized spacial score (nSPS) is 16.3. The Balaban J connectivity index is 1.37. The molecular weight excluding hydrogens is 625 g/mol. The molecule has 8 rings (SSSR count). The second-order valence-corrected chi connectivity index (χ2v) is 15.4. The van der Waals surface area contributed by atoms with Gasteiger partial charge in [0.15, 0.2) is 0 Å². The van der Waals surface area contributed by atoms with Gasteiger partial charge in [-0.25, -0.2) is 0 Å². The number of benzene rings is 6. The van der Waals surface area contributed by atoms with Crippen LogP contribution in [0.3, 0.4) is 0 Å². The van der Waals surface area contributed by atoms with Gasteiger partial charge in [-0.15, -0.1) is 0 Å². The average molecular weight is 675 g/mol. The summed E-state index contributed by atoms with van der Waals surface area (Å²) in [6.07, 6.45) is 9.71. The molecule has 0 heterocycles. The van der Waals surface area contributed by atoms with Crippen molar-refractivity contribution in [1.29, 1.82) is 0 Å². The smallest absolute Gasteiger partial charge is 0.00965 e. The van der Waals surface area contributed by atoms with Crippen LogP contribution in [-0.2, 0) is 0 Å². The van der Waals surface area contributed by atoms with Crippen LogP contribution in [-0.4, -0.2) is 0 Å². The maximum atomic E-state index is 2.56. The summed E-state index contributed by atoms with van der Waals surface area (Å²) in [6, 6.07) is 38.9. The molecule has 0 nitrogen and oxygen atoms in total. The number of hydrogen-bond acceptors (Lipinski definition) is 0. The molecule has 52 heavy (non-hydrogen) atoms. The number of hydrogen-bond donors (Lipinski definition) is 0. The van der Waals surface area contributed by atoms with Crippen molar-refractivity contribution in [3.05, 3.63) is 174 Å². The zero-order valence-corrected chi connectivity index (χ0v) is 32.1. The van der Waals surface area contributed by atoms with Gasteiger partial charge in [0.05, 0.1) is 0 Å². The summed E-state index contributed by atoms with van der Waals surface area (Å²) in [7, 11) is 0. The molecule has 0 amide bonds. The summed E-state index contributed by atoms with van der Waals surface area (Å²) in [5.41, 5.74) is 21.9. The third-order valence-corrected chi connectivity index (χ3v) is 12.3. The summed E-state index contributed by atoms with van der Waals surface area (Å²) >= 11 is 0. The van der Waals surface area contributed by atoms with Crippen LogP contribution in [0.4, 0.5) is 0 Å². The van der Waals surface area contributed by atoms with Gasteiger partial charge in [-0.2, -0.15) is 0 Å². The highest BCUT2D eigenvalue weighted by Crippen LogP contribution is 2.42. The van der Waals surface area contributed by atoms with Crippen molar-refractivity contribution in [2.75, 3.05) is 0 Å². The zero-order valence-electron chi connectivity index (χ0n) is 32.1. The third-order valence-electron chi connectivity index (χ3n) is 12.3. The molecule has 6 aromatic rings. The highest BCUT2D eigenvalue weighted by Gasteiger charge is 2.30. The summed E-state index contributed by atoms with van der Waals surface area (Å²) < 4.78 is 0. The highest BCUT2D eigenvalue weighted by atomic mass is 14.3. The van der Waals surface area contributed by atoms with E-state index in [0.29, 0.717) is 0 Å². The molecule has 2 aliphatic carbocycles. The van der Waals surface area contributed by atoms with E-state index in [-0.39, 0.29) is 11.8 Å². The van der Waals surface area contributed by atoms with Crippen molar-refractivity contribution in [3.63, 3.8) is 0 Å². The minimum atomic E-state index is 0.245. The maximum absolute atomic E-state index is 2.56. The van der Waals surface area contributed by atoms with Gasteiger partial charge in [0.25, 0.3) is 0 Å². The lowest BCUT2D eigenvalue weighted by molar-refractivity contribution is 0.670. The molecule has 0 aliphatic heterocycles. The van der Waals surface area contributed by atoms with Gasteiger partial charge in [0.1, 0.15) is 0 Å².